The first-order valence-electron chi connectivity index (χ1n) is 10.7. The summed E-state index contributed by atoms with van der Waals surface area (Å²) in [6, 6.07) is 13.4. The zero-order valence-corrected chi connectivity index (χ0v) is 19.4. The molecule has 0 saturated carbocycles. The number of carbonyl (C=O) groups excluding carboxylic acids is 1. The van der Waals surface area contributed by atoms with E-state index in [1.165, 1.54) is 23.9 Å². The Morgan fingerprint density at radius 2 is 1.82 bits per heavy atom. The van der Waals surface area contributed by atoms with E-state index >= 15 is 0 Å². The highest BCUT2D eigenvalue weighted by Gasteiger charge is 2.37. The molecule has 0 bridgehead atoms. The molecule has 1 aromatic heterocycles. The Balaban J connectivity index is 1.50. The van der Waals surface area contributed by atoms with Crippen molar-refractivity contribution in [1.82, 2.24) is 9.97 Å². The van der Waals surface area contributed by atoms with Gasteiger partial charge in [0.25, 0.3) is 11.2 Å². The van der Waals surface area contributed by atoms with Gasteiger partial charge in [0.2, 0.25) is 0 Å². The fourth-order valence-corrected chi connectivity index (χ4v) is 5.31. The van der Waals surface area contributed by atoms with Crippen molar-refractivity contribution in [2.24, 2.45) is 0 Å². The minimum atomic E-state index is -0.513. The monoisotopic (exact) mass is 494 g/mol. The largest absolute Gasteiger partial charge is 0.343 e. The maximum absolute atomic E-state index is 13.3. The number of anilines is 1. The van der Waals surface area contributed by atoms with Crippen LogP contribution in [0.25, 0.3) is 0 Å². The van der Waals surface area contributed by atoms with Crippen molar-refractivity contribution in [3.8, 4) is 0 Å². The summed E-state index contributed by atoms with van der Waals surface area (Å²) >= 11 is 7.40. The first-order valence-corrected chi connectivity index (χ1v) is 12.1. The summed E-state index contributed by atoms with van der Waals surface area (Å²) in [6.45, 7) is 0. The number of fused-ring (bicyclic) bond motifs is 1. The number of halogens is 1. The third-order valence-electron chi connectivity index (χ3n) is 5.96. The number of hydrogen-bond acceptors (Lipinski definition) is 7. The molecule has 172 valence electrons. The van der Waals surface area contributed by atoms with Crippen LogP contribution in [0.1, 0.15) is 41.9 Å². The minimum absolute atomic E-state index is 0.0256. The molecule has 0 amide bonds. The Bertz CT molecular complexity index is 1380. The maximum atomic E-state index is 13.3. The predicted molar refractivity (Wildman–Crippen MR) is 130 cm³/mol. The number of rotatable bonds is 5. The van der Waals surface area contributed by atoms with Crippen LogP contribution < -0.4 is 10.9 Å². The molecule has 5 rings (SSSR count). The van der Waals surface area contributed by atoms with E-state index in [-0.39, 0.29) is 17.0 Å². The van der Waals surface area contributed by atoms with Gasteiger partial charge in [0.15, 0.2) is 10.9 Å². The topological polar surface area (TPSA) is 118 Å². The Kier molecular flexibility index (Phi) is 5.97. The van der Waals surface area contributed by atoms with Gasteiger partial charge in [-0.3, -0.25) is 19.7 Å². The van der Waals surface area contributed by atoms with Crippen LogP contribution in [-0.2, 0) is 10.5 Å². The lowest BCUT2D eigenvalue weighted by Gasteiger charge is -2.32. The van der Waals surface area contributed by atoms with E-state index in [4.69, 9.17) is 11.6 Å². The number of ketones is 1. The van der Waals surface area contributed by atoms with Crippen LogP contribution >= 0.6 is 23.4 Å². The Hall–Kier alpha value is -3.43. The maximum Gasteiger partial charge on any atom is 0.269 e. The van der Waals surface area contributed by atoms with Gasteiger partial charge in [-0.15, -0.1) is 0 Å². The molecule has 3 aromatic rings. The summed E-state index contributed by atoms with van der Waals surface area (Å²) in [5.41, 5.74) is 3.24. The second kappa shape index (κ2) is 9.08. The highest BCUT2D eigenvalue weighted by molar-refractivity contribution is 7.98. The van der Waals surface area contributed by atoms with Crippen molar-refractivity contribution in [1.29, 1.82) is 0 Å². The molecule has 0 radical (unpaired) electrons. The smallest absolute Gasteiger partial charge is 0.269 e. The molecular weight excluding hydrogens is 476 g/mol. The molecule has 1 aliphatic heterocycles. The molecule has 2 aromatic carbocycles. The van der Waals surface area contributed by atoms with Crippen LogP contribution in [0.3, 0.4) is 0 Å². The van der Waals surface area contributed by atoms with E-state index in [0.717, 1.165) is 23.2 Å². The van der Waals surface area contributed by atoms with Gasteiger partial charge in [-0.1, -0.05) is 47.6 Å². The third-order valence-corrected chi connectivity index (χ3v) is 7.16. The van der Waals surface area contributed by atoms with Crippen molar-refractivity contribution >= 4 is 40.7 Å². The molecule has 8 nitrogen and oxygen atoms in total. The van der Waals surface area contributed by atoms with Gasteiger partial charge in [-0.2, -0.15) is 0 Å². The average molecular weight is 495 g/mol. The van der Waals surface area contributed by atoms with E-state index < -0.39 is 10.8 Å². The number of nitrogens with one attached hydrogen (secondary N) is 2. The summed E-state index contributed by atoms with van der Waals surface area (Å²) in [7, 11) is 0. The number of H-pyrrole nitrogens is 1. The van der Waals surface area contributed by atoms with Crippen LogP contribution in [-0.4, -0.2) is 20.7 Å². The average Bonchev–Trinajstić information content (AvgIpc) is 2.82. The molecule has 1 atom stereocenters. The highest BCUT2D eigenvalue weighted by atomic mass is 35.5. The SMILES string of the molecule is O=C1CCCC2=C1[C@H](c1ccc(Cl)cc1)c1c(nc(SCc3ccc([N+](=O)[O-])cc3)[nH]c1=O)N2. The zero-order chi connectivity index (χ0) is 23.8. The van der Waals surface area contributed by atoms with Crippen LogP contribution in [0.15, 0.2) is 69.8 Å². The predicted octanol–water partition coefficient (Wildman–Crippen LogP) is 5.19. The number of aromatic amines is 1. The molecule has 0 fully saturated rings. The van der Waals surface area contributed by atoms with Crippen LogP contribution in [0, 0.1) is 10.1 Å². The van der Waals surface area contributed by atoms with E-state index in [9.17, 15) is 19.7 Å². The third kappa shape index (κ3) is 4.24. The van der Waals surface area contributed by atoms with Crippen molar-refractivity contribution in [2.75, 3.05) is 5.32 Å². The number of non-ortho nitro benzene ring substituents is 1. The fourth-order valence-electron chi connectivity index (χ4n) is 4.36. The number of allylic oxidation sites excluding steroid dienone is 2. The molecule has 0 unspecified atom stereocenters. The lowest BCUT2D eigenvalue weighted by atomic mass is 9.76. The van der Waals surface area contributed by atoms with Gasteiger partial charge in [0.1, 0.15) is 5.82 Å². The Morgan fingerprint density at radius 1 is 1.09 bits per heavy atom. The number of carbonyl (C=O) groups is 1. The van der Waals surface area contributed by atoms with E-state index in [1.54, 1.807) is 24.3 Å². The summed E-state index contributed by atoms with van der Waals surface area (Å²) < 4.78 is 0. The van der Waals surface area contributed by atoms with Gasteiger partial charge in [0, 0.05) is 46.5 Å². The van der Waals surface area contributed by atoms with Gasteiger partial charge in [-0.05, 0) is 36.1 Å². The summed E-state index contributed by atoms with van der Waals surface area (Å²) in [6.07, 6.45) is 1.91. The quantitative estimate of drug-likeness (QED) is 0.217. The van der Waals surface area contributed by atoms with Gasteiger partial charge in [-0.25, -0.2) is 4.98 Å². The molecule has 0 spiro atoms. The Morgan fingerprint density at radius 3 is 2.53 bits per heavy atom. The van der Waals surface area contributed by atoms with Gasteiger partial charge >= 0.3 is 0 Å². The number of nitro benzene ring substituents is 1. The molecule has 0 saturated heterocycles. The number of benzene rings is 2. The first-order chi connectivity index (χ1) is 16.4. The van der Waals surface area contributed by atoms with Crippen molar-refractivity contribution in [2.45, 2.75) is 36.1 Å². The standard InChI is InChI=1S/C24H19ClN4O4S/c25-15-8-6-14(7-9-15)19-20-17(2-1-3-18(20)30)26-22-21(19)23(31)28-24(27-22)34-12-13-4-10-16(11-5-13)29(32)33/h4-11,19H,1-3,12H2,(H2,26,27,28,31)/t19-/m0/s1. The lowest BCUT2D eigenvalue weighted by Crippen LogP contribution is -2.32. The normalized spacial score (nSPS) is 17.1. The van der Waals surface area contributed by atoms with E-state index in [0.29, 0.717) is 45.7 Å². The highest BCUT2D eigenvalue weighted by Crippen LogP contribution is 2.43. The second-order valence-electron chi connectivity index (χ2n) is 8.12. The molecule has 34 heavy (non-hydrogen) atoms. The summed E-state index contributed by atoms with van der Waals surface area (Å²) in [5, 5.41) is 15.1. The fraction of sp³-hybridized carbons (Fsp3) is 0.208. The molecule has 2 aliphatic rings. The number of Topliss-reactive ketones (excluding diaryl/α,β-unsaturated/α-hetero) is 1. The number of nitrogens with zero attached hydrogens (tertiary/aromatic N) is 2. The lowest BCUT2D eigenvalue weighted by molar-refractivity contribution is -0.384. The van der Waals surface area contributed by atoms with Crippen LogP contribution in [0.4, 0.5) is 11.5 Å². The summed E-state index contributed by atoms with van der Waals surface area (Å²) in [4.78, 5) is 44.1. The first kappa shape index (κ1) is 22.4. The zero-order valence-electron chi connectivity index (χ0n) is 17.8. The molecular formula is C24H19ClN4O4S. The molecule has 1 aliphatic carbocycles. The number of nitro groups is 1. The van der Waals surface area contributed by atoms with Crippen molar-refractivity contribution < 1.29 is 9.72 Å². The van der Waals surface area contributed by atoms with E-state index in [2.05, 4.69) is 15.3 Å². The van der Waals surface area contributed by atoms with Crippen LogP contribution in [0.2, 0.25) is 5.02 Å². The van der Waals surface area contributed by atoms with Crippen LogP contribution in [0.5, 0.6) is 0 Å². The molecule has 10 heteroatoms. The number of hydrogen-bond donors (Lipinski definition) is 2. The number of aromatic nitrogens is 2. The minimum Gasteiger partial charge on any atom is -0.343 e. The molecule has 2 N–H and O–H groups in total. The second-order valence-corrected chi connectivity index (χ2v) is 9.52. The summed E-state index contributed by atoms with van der Waals surface area (Å²) in [5.74, 6) is 0.451. The molecule has 2 heterocycles. The number of thioether (sulfide) groups is 1. The van der Waals surface area contributed by atoms with Gasteiger partial charge in [0.05, 0.1) is 10.5 Å². The Labute approximate surface area is 203 Å². The van der Waals surface area contributed by atoms with Gasteiger partial charge < -0.3 is 10.3 Å². The van der Waals surface area contributed by atoms with E-state index in [1.807, 2.05) is 12.1 Å². The van der Waals surface area contributed by atoms with Crippen molar-refractivity contribution in [3.05, 3.63) is 102 Å². The van der Waals surface area contributed by atoms with Crippen molar-refractivity contribution in [3.63, 3.8) is 0 Å².